The van der Waals surface area contributed by atoms with Crippen molar-refractivity contribution in [3.63, 3.8) is 0 Å². The second-order valence-electron chi connectivity index (χ2n) is 4.45. The normalized spacial score (nSPS) is 11.7. The number of carbonyl (C=O) groups excluding carboxylic acids is 1. The molecule has 21 heavy (non-hydrogen) atoms. The number of nitrogens with zero attached hydrogens (tertiary/aromatic N) is 1. The zero-order chi connectivity index (χ0) is 15.4. The highest BCUT2D eigenvalue weighted by Gasteiger charge is 2.22. The van der Waals surface area contributed by atoms with Gasteiger partial charge >= 0.3 is 0 Å². The van der Waals surface area contributed by atoms with Crippen molar-refractivity contribution in [2.45, 2.75) is 13.0 Å². The topological polar surface area (TPSA) is 97.4 Å². The summed E-state index contributed by atoms with van der Waals surface area (Å²) in [6, 6.07) is 7.35. The Labute approximate surface area is 121 Å². The van der Waals surface area contributed by atoms with E-state index < -0.39 is 10.8 Å². The zero-order valence-corrected chi connectivity index (χ0v) is 11.6. The molecule has 0 aliphatic carbocycles. The maximum atomic E-state index is 12.3. The molecular weight excluding hydrogens is 274 g/mol. The Morgan fingerprint density at radius 3 is 2.71 bits per heavy atom. The summed E-state index contributed by atoms with van der Waals surface area (Å²) in [5.41, 5.74) is 0.389. The first-order valence-electron chi connectivity index (χ1n) is 6.33. The van der Waals surface area contributed by atoms with E-state index in [0.717, 1.165) is 0 Å². The first-order chi connectivity index (χ1) is 10.0. The molecule has 1 aromatic heterocycles. The summed E-state index contributed by atoms with van der Waals surface area (Å²) in [5.74, 6) is 0.0541. The summed E-state index contributed by atoms with van der Waals surface area (Å²) >= 11 is 0. The molecule has 2 N–H and O–H groups in total. The molecule has 0 saturated carbocycles. The third-order valence-electron chi connectivity index (χ3n) is 3.04. The Hall–Kier alpha value is -2.83. The molecule has 7 heteroatoms. The number of anilines is 1. The van der Waals surface area contributed by atoms with Crippen LogP contribution in [0.25, 0.3) is 0 Å². The fraction of sp³-hybridized carbons (Fsp3) is 0.214. The molecule has 0 saturated heterocycles. The zero-order valence-electron chi connectivity index (χ0n) is 11.6. The Balaban J connectivity index is 2.27. The second kappa shape index (κ2) is 6.08. The van der Waals surface area contributed by atoms with Crippen LogP contribution in [0.4, 0.5) is 11.4 Å². The van der Waals surface area contributed by atoms with Crippen molar-refractivity contribution in [1.82, 2.24) is 5.32 Å². The lowest BCUT2D eigenvalue weighted by atomic mass is 10.1. The van der Waals surface area contributed by atoms with Crippen molar-refractivity contribution in [2.75, 3.05) is 12.4 Å². The predicted molar refractivity (Wildman–Crippen MR) is 77.2 cm³/mol. The van der Waals surface area contributed by atoms with Gasteiger partial charge in [-0.2, -0.15) is 0 Å². The van der Waals surface area contributed by atoms with Gasteiger partial charge < -0.3 is 15.1 Å². The van der Waals surface area contributed by atoms with Crippen molar-refractivity contribution < 1.29 is 14.1 Å². The van der Waals surface area contributed by atoms with Crippen molar-refractivity contribution in [1.29, 1.82) is 0 Å². The van der Waals surface area contributed by atoms with Crippen LogP contribution in [0.1, 0.15) is 29.1 Å². The number of nitro benzene ring substituents is 1. The smallest absolute Gasteiger partial charge is 0.282 e. The van der Waals surface area contributed by atoms with Crippen LogP contribution >= 0.6 is 0 Å². The van der Waals surface area contributed by atoms with Crippen molar-refractivity contribution >= 4 is 17.3 Å². The number of furan rings is 1. The quantitative estimate of drug-likeness (QED) is 0.651. The highest BCUT2D eigenvalue weighted by atomic mass is 16.6. The van der Waals surface area contributed by atoms with Crippen LogP contribution in [0.3, 0.4) is 0 Å². The lowest BCUT2D eigenvalue weighted by Crippen LogP contribution is -2.27. The van der Waals surface area contributed by atoms with Gasteiger partial charge in [0.05, 0.1) is 17.2 Å². The van der Waals surface area contributed by atoms with E-state index in [4.69, 9.17) is 4.42 Å². The number of nitro groups is 1. The summed E-state index contributed by atoms with van der Waals surface area (Å²) in [6.45, 7) is 1.74. The number of rotatable bonds is 5. The molecule has 2 rings (SSSR count). The molecule has 0 bridgehead atoms. The van der Waals surface area contributed by atoms with E-state index in [2.05, 4.69) is 10.6 Å². The Bertz CT molecular complexity index is 652. The van der Waals surface area contributed by atoms with Crippen LogP contribution in [-0.4, -0.2) is 17.9 Å². The van der Waals surface area contributed by atoms with Crippen molar-refractivity contribution in [2.24, 2.45) is 0 Å². The average Bonchev–Trinajstić information content (AvgIpc) is 3.00. The van der Waals surface area contributed by atoms with Crippen LogP contribution in [0.2, 0.25) is 0 Å². The van der Waals surface area contributed by atoms with Crippen LogP contribution in [0, 0.1) is 10.1 Å². The largest absolute Gasteiger partial charge is 0.467 e. The number of carbonyl (C=O) groups is 1. The Morgan fingerprint density at radius 1 is 1.38 bits per heavy atom. The van der Waals surface area contributed by atoms with Gasteiger partial charge in [-0.15, -0.1) is 0 Å². The fourth-order valence-corrected chi connectivity index (χ4v) is 1.92. The lowest BCUT2D eigenvalue weighted by Gasteiger charge is -2.12. The molecule has 0 radical (unpaired) electrons. The Kier molecular flexibility index (Phi) is 4.22. The standard InChI is InChI=1S/C14H15N3O4/c1-9(13-4-3-7-21-13)16-14(18)11-8-10(15-2)5-6-12(11)17(19)20/h3-9,15H,1-2H3,(H,16,18). The fourth-order valence-electron chi connectivity index (χ4n) is 1.92. The third-order valence-corrected chi connectivity index (χ3v) is 3.04. The summed E-state index contributed by atoms with van der Waals surface area (Å²) in [4.78, 5) is 22.7. The Morgan fingerprint density at radius 2 is 2.14 bits per heavy atom. The molecule has 0 spiro atoms. The van der Waals surface area contributed by atoms with Crippen LogP contribution in [0.5, 0.6) is 0 Å². The van der Waals surface area contributed by atoms with Gasteiger partial charge in [-0.1, -0.05) is 0 Å². The van der Waals surface area contributed by atoms with Crippen molar-refractivity contribution in [3.8, 4) is 0 Å². The van der Waals surface area contributed by atoms with Gasteiger partial charge in [0.2, 0.25) is 0 Å². The first kappa shape index (κ1) is 14.6. The molecule has 0 fully saturated rings. The minimum atomic E-state index is -0.577. The van der Waals surface area contributed by atoms with Gasteiger partial charge in [0, 0.05) is 18.8 Å². The molecule has 0 aliphatic heterocycles. The molecule has 0 aliphatic rings. The van der Waals surface area contributed by atoms with Gasteiger partial charge in [-0.3, -0.25) is 14.9 Å². The molecule has 1 amide bonds. The van der Waals surface area contributed by atoms with Crippen LogP contribution in [-0.2, 0) is 0 Å². The molecule has 110 valence electrons. The molecule has 1 atom stereocenters. The molecule has 1 unspecified atom stereocenters. The number of hydrogen-bond acceptors (Lipinski definition) is 5. The number of hydrogen-bond donors (Lipinski definition) is 2. The summed E-state index contributed by atoms with van der Waals surface area (Å²) in [7, 11) is 1.67. The highest BCUT2D eigenvalue weighted by molar-refractivity contribution is 5.99. The summed E-state index contributed by atoms with van der Waals surface area (Å²) in [6.07, 6.45) is 1.50. The third kappa shape index (κ3) is 3.19. The van der Waals surface area contributed by atoms with E-state index in [1.165, 1.54) is 18.4 Å². The van der Waals surface area contributed by atoms with E-state index in [1.807, 2.05) is 0 Å². The molecule has 7 nitrogen and oxygen atoms in total. The van der Waals surface area contributed by atoms with E-state index in [-0.39, 0.29) is 17.3 Å². The lowest BCUT2D eigenvalue weighted by molar-refractivity contribution is -0.385. The summed E-state index contributed by atoms with van der Waals surface area (Å²) in [5, 5.41) is 16.6. The minimum Gasteiger partial charge on any atom is -0.467 e. The second-order valence-corrected chi connectivity index (χ2v) is 4.45. The number of amides is 1. The monoisotopic (exact) mass is 289 g/mol. The van der Waals surface area contributed by atoms with Crippen molar-refractivity contribution in [3.05, 3.63) is 58.0 Å². The number of benzene rings is 1. The molecule has 2 aromatic rings. The predicted octanol–water partition coefficient (Wildman–Crippen LogP) is 2.72. The molecular formula is C14H15N3O4. The minimum absolute atomic E-state index is 0.00487. The van der Waals surface area contributed by atoms with Gasteiger partial charge in [0.25, 0.3) is 11.6 Å². The number of nitrogens with one attached hydrogen (secondary N) is 2. The average molecular weight is 289 g/mol. The van der Waals surface area contributed by atoms with Gasteiger partial charge in [-0.05, 0) is 31.2 Å². The maximum Gasteiger partial charge on any atom is 0.282 e. The van der Waals surface area contributed by atoms with Crippen LogP contribution in [0.15, 0.2) is 41.0 Å². The van der Waals surface area contributed by atoms with Gasteiger partial charge in [-0.25, -0.2) is 0 Å². The highest BCUT2D eigenvalue weighted by Crippen LogP contribution is 2.23. The molecule has 1 heterocycles. The van der Waals surface area contributed by atoms with Gasteiger partial charge in [0.15, 0.2) is 0 Å². The van der Waals surface area contributed by atoms with E-state index >= 15 is 0 Å². The van der Waals surface area contributed by atoms with Gasteiger partial charge in [0.1, 0.15) is 11.3 Å². The molecule has 1 aromatic carbocycles. The first-order valence-corrected chi connectivity index (χ1v) is 6.33. The maximum absolute atomic E-state index is 12.3. The van der Waals surface area contributed by atoms with E-state index in [9.17, 15) is 14.9 Å². The van der Waals surface area contributed by atoms with E-state index in [0.29, 0.717) is 11.4 Å². The van der Waals surface area contributed by atoms with Crippen LogP contribution < -0.4 is 10.6 Å². The van der Waals surface area contributed by atoms with E-state index in [1.54, 1.807) is 32.2 Å². The summed E-state index contributed by atoms with van der Waals surface area (Å²) < 4.78 is 5.19. The SMILES string of the molecule is CNc1ccc([N+](=O)[O-])c(C(=O)NC(C)c2ccco2)c1.